The lowest BCUT2D eigenvalue weighted by molar-refractivity contribution is -0.121. The molecule has 0 aromatic heterocycles. The number of nitrogens with one attached hydrogen (secondary N) is 1. The zero-order chi connectivity index (χ0) is 11.8. The Morgan fingerprint density at radius 2 is 2.06 bits per heavy atom. The van der Waals surface area contributed by atoms with E-state index in [1.807, 2.05) is 25.1 Å². The molecule has 0 saturated carbocycles. The Morgan fingerprint density at radius 3 is 2.62 bits per heavy atom. The average molecular weight is 284 g/mol. The van der Waals surface area contributed by atoms with Gasteiger partial charge in [-0.05, 0) is 18.4 Å². The monoisotopic (exact) mass is 283 g/mol. The molecule has 0 aliphatic rings. The minimum Gasteiger partial charge on any atom is -0.352 e. The number of hydrogen-bond donors (Lipinski definition) is 1. The molecule has 1 rings (SSSR count). The molecule has 1 unspecified atom stereocenters. The zero-order valence-corrected chi connectivity index (χ0v) is 11.2. The van der Waals surface area contributed by atoms with E-state index in [9.17, 15) is 4.79 Å². The van der Waals surface area contributed by atoms with Crippen LogP contribution in [-0.2, 0) is 11.2 Å². The van der Waals surface area contributed by atoms with Gasteiger partial charge in [-0.1, -0.05) is 53.2 Å². The highest BCUT2D eigenvalue weighted by atomic mass is 79.9. The summed E-state index contributed by atoms with van der Waals surface area (Å²) in [5.74, 6) is 0.142. The van der Waals surface area contributed by atoms with E-state index in [1.54, 1.807) is 0 Å². The predicted octanol–water partition coefficient (Wildman–Crippen LogP) is 2.91. The minimum atomic E-state index is 0.142. The largest absolute Gasteiger partial charge is 0.352 e. The van der Waals surface area contributed by atoms with Crippen molar-refractivity contribution in [2.24, 2.45) is 0 Å². The van der Waals surface area contributed by atoms with Crippen LogP contribution in [0.1, 0.15) is 25.3 Å². The van der Waals surface area contributed by atoms with Gasteiger partial charge in [0.1, 0.15) is 0 Å². The fraction of sp³-hybridized carbons (Fsp3) is 0.462. The van der Waals surface area contributed by atoms with Gasteiger partial charge in [0.2, 0.25) is 5.91 Å². The molecule has 0 bridgehead atoms. The molecule has 0 spiro atoms. The summed E-state index contributed by atoms with van der Waals surface area (Å²) in [6.07, 6.45) is 2.38. The smallest absolute Gasteiger partial charge is 0.220 e. The zero-order valence-electron chi connectivity index (χ0n) is 9.58. The molecule has 0 saturated heterocycles. The van der Waals surface area contributed by atoms with Crippen molar-refractivity contribution in [2.45, 2.75) is 32.2 Å². The molecular weight excluding hydrogens is 266 g/mol. The first-order valence-electron chi connectivity index (χ1n) is 5.65. The van der Waals surface area contributed by atoms with Crippen LogP contribution in [0.5, 0.6) is 0 Å². The Hall–Kier alpha value is -0.830. The van der Waals surface area contributed by atoms with E-state index in [0.717, 1.165) is 18.2 Å². The molecule has 0 radical (unpaired) electrons. The van der Waals surface area contributed by atoms with Crippen LogP contribution in [0.4, 0.5) is 0 Å². The molecule has 0 fully saturated rings. The summed E-state index contributed by atoms with van der Waals surface area (Å²) in [6.45, 7) is 2.01. The summed E-state index contributed by atoms with van der Waals surface area (Å²) in [5.41, 5.74) is 1.25. The van der Waals surface area contributed by atoms with Gasteiger partial charge < -0.3 is 5.32 Å². The van der Waals surface area contributed by atoms with Gasteiger partial charge in [-0.25, -0.2) is 0 Å². The van der Waals surface area contributed by atoms with Gasteiger partial charge in [0, 0.05) is 17.8 Å². The van der Waals surface area contributed by atoms with Crippen LogP contribution < -0.4 is 5.32 Å². The molecule has 0 aliphatic heterocycles. The summed E-state index contributed by atoms with van der Waals surface area (Å²) in [6, 6.07) is 10.4. The van der Waals surface area contributed by atoms with Crippen LogP contribution in [0.15, 0.2) is 30.3 Å². The molecule has 1 aromatic carbocycles. The molecule has 3 heteroatoms. The molecule has 1 atom stereocenters. The normalized spacial score (nSPS) is 12.1. The minimum absolute atomic E-state index is 0.142. The van der Waals surface area contributed by atoms with Crippen molar-refractivity contribution in [1.29, 1.82) is 0 Å². The number of alkyl halides is 1. The Bertz CT molecular complexity index is 313. The number of carbonyl (C=O) groups excluding carboxylic acids is 1. The second kappa shape index (κ2) is 7.44. The fourth-order valence-corrected chi connectivity index (χ4v) is 1.96. The maximum absolute atomic E-state index is 11.5. The second-order valence-corrected chi connectivity index (χ2v) is 4.51. The van der Waals surface area contributed by atoms with Crippen molar-refractivity contribution >= 4 is 21.8 Å². The lowest BCUT2D eigenvalue weighted by Crippen LogP contribution is -2.37. The van der Waals surface area contributed by atoms with Gasteiger partial charge in [-0.15, -0.1) is 0 Å². The SMILES string of the molecule is CCCC(=O)NC(CBr)Cc1ccccc1. The highest BCUT2D eigenvalue weighted by molar-refractivity contribution is 9.09. The topological polar surface area (TPSA) is 29.1 Å². The van der Waals surface area contributed by atoms with Crippen molar-refractivity contribution in [2.75, 3.05) is 5.33 Å². The lowest BCUT2D eigenvalue weighted by atomic mass is 10.1. The van der Waals surface area contributed by atoms with Crippen molar-refractivity contribution in [3.05, 3.63) is 35.9 Å². The summed E-state index contributed by atoms with van der Waals surface area (Å²) >= 11 is 3.44. The summed E-state index contributed by atoms with van der Waals surface area (Å²) in [4.78, 5) is 11.5. The first kappa shape index (κ1) is 13.2. The van der Waals surface area contributed by atoms with Crippen molar-refractivity contribution < 1.29 is 4.79 Å². The van der Waals surface area contributed by atoms with Crippen LogP contribution in [-0.4, -0.2) is 17.3 Å². The van der Waals surface area contributed by atoms with Gasteiger partial charge >= 0.3 is 0 Å². The van der Waals surface area contributed by atoms with E-state index >= 15 is 0 Å². The first-order chi connectivity index (χ1) is 7.76. The van der Waals surface area contributed by atoms with E-state index in [1.165, 1.54) is 5.56 Å². The lowest BCUT2D eigenvalue weighted by Gasteiger charge is -2.16. The van der Waals surface area contributed by atoms with Crippen LogP contribution in [0.25, 0.3) is 0 Å². The molecule has 1 amide bonds. The van der Waals surface area contributed by atoms with E-state index in [0.29, 0.717) is 6.42 Å². The van der Waals surface area contributed by atoms with Gasteiger partial charge in [0.15, 0.2) is 0 Å². The summed E-state index contributed by atoms with van der Waals surface area (Å²) in [5, 5.41) is 3.82. The van der Waals surface area contributed by atoms with Crippen LogP contribution in [0.2, 0.25) is 0 Å². The first-order valence-corrected chi connectivity index (χ1v) is 6.77. The Labute approximate surface area is 106 Å². The molecule has 1 N–H and O–H groups in total. The van der Waals surface area contributed by atoms with Crippen LogP contribution in [0.3, 0.4) is 0 Å². The molecule has 2 nitrogen and oxygen atoms in total. The van der Waals surface area contributed by atoms with Gasteiger partial charge in [-0.2, -0.15) is 0 Å². The highest BCUT2D eigenvalue weighted by Gasteiger charge is 2.10. The Balaban J connectivity index is 2.46. The van der Waals surface area contributed by atoms with E-state index < -0.39 is 0 Å². The highest BCUT2D eigenvalue weighted by Crippen LogP contribution is 2.05. The fourth-order valence-electron chi connectivity index (χ4n) is 1.57. The molecule has 0 aliphatic carbocycles. The maximum Gasteiger partial charge on any atom is 0.220 e. The number of rotatable bonds is 6. The average Bonchev–Trinajstić information content (AvgIpc) is 2.30. The summed E-state index contributed by atoms with van der Waals surface area (Å²) in [7, 11) is 0. The number of benzene rings is 1. The quantitative estimate of drug-likeness (QED) is 0.800. The van der Waals surface area contributed by atoms with Gasteiger partial charge in [0.05, 0.1) is 0 Å². The molecule has 16 heavy (non-hydrogen) atoms. The molecule has 0 heterocycles. The third kappa shape index (κ3) is 4.79. The van der Waals surface area contributed by atoms with Crippen molar-refractivity contribution in [1.82, 2.24) is 5.32 Å². The Morgan fingerprint density at radius 1 is 1.38 bits per heavy atom. The molecule has 1 aromatic rings. The molecule has 88 valence electrons. The van der Waals surface area contributed by atoms with E-state index in [-0.39, 0.29) is 11.9 Å². The number of amides is 1. The van der Waals surface area contributed by atoms with Crippen LogP contribution >= 0.6 is 15.9 Å². The second-order valence-electron chi connectivity index (χ2n) is 3.86. The van der Waals surface area contributed by atoms with E-state index in [4.69, 9.17) is 0 Å². The van der Waals surface area contributed by atoms with Crippen molar-refractivity contribution in [3.63, 3.8) is 0 Å². The number of carbonyl (C=O) groups is 1. The predicted molar refractivity (Wildman–Crippen MR) is 70.8 cm³/mol. The third-order valence-corrected chi connectivity index (χ3v) is 3.13. The maximum atomic E-state index is 11.5. The van der Waals surface area contributed by atoms with Crippen molar-refractivity contribution in [3.8, 4) is 0 Å². The summed E-state index contributed by atoms with van der Waals surface area (Å²) < 4.78 is 0. The number of halogens is 1. The van der Waals surface area contributed by atoms with Gasteiger partial charge in [-0.3, -0.25) is 4.79 Å². The molecular formula is C13H18BrNO. The standard InChI is InChI=1S/C13H18BrNO/c1-2-6-13(16)15-12(10-14)9-11-7-4-3-5-8-11/h3-5,7-8,12H,2,6,9-10H2,1H3,(H,15,16). The third-order valence-electron chi connectivity index (χ3n) is 2.35. The van der Waals surface area contributed by atoms with E-state index in [2.05, 4.69) is 33.4 Å². The Kier molecular flexibility index (Phi) is 6.16. The van der Waals surface area contributed by atoms with Crippen LogP contribution in [0, 0.1) is 0 Å². The number of hydrogen-bond acceptors (Lipinski definition) is 1. The van der Waals surface area contributed by atoms with Gasteiger partial charge in [0.25, 0.3) is 0 Å².